The summed E-state index contributed by atoms with van der Waals surface area (Å²) in [4.78, 5) is 35.7. The van der Waals surface area contributed by atoms with Gasteiger partial charge in [0, 0.05) is 5.92 Å². The molecule has 0 unspecified atom stereocenters. The van der Waals surface area contributed by atoms with Crippen LogP contribution >= 0.6 is 0 Å². The molecule has 4 atom stereocenters. The van der Waals surface area contributed by atoms with Crippen LogP contribution in [0.4, 0.5) is 4.79 Å². The number of carboxylic acids is 1. The fourth-order valence-electron chi connectivity index (χ4n) is 4.49. The normalized spacial score (nSPS) is 31.4. The van der Waals surface area contributed by atoms with E-state index in [0.717, 1.165) is 5.56 Å². The molecule has 2 aliphatic carbocycles. The number of aliphatic carboxylic acids is 1. The zero-order chi connectivity index (χ0) is 19.1. The highest BCUT2D eigenvalue weighted by Gasteiger charge is 2.70. The molecule has 2 N–H and O–H groups in total. The van der Waals surface area contributed by atoms with Crippen molar-refractivity contribution in [3.8, 4) is 0 Å². The van der Waals surface area contributed by atoms with Gasteiger partial charge in [0.15, 0.2) is 0 Å². The van der Waals surface area contributed by atoms with E-state index in [-0.39, 0.29) is 35.6 Å². The van der Waals surface area contributed by atoms with Gasteiger partial charge in [0.05, 0.1) is 0 Å². The monoisotopic (exact) mass is 359 g/mol. The minimum Gasteiger partial charge on any atom is -0.479 e. The van der Waals surface area contributed by atoms with E-state index in [1.54, 1.807) is 6.92 Å². The van der Waals surface area contributed by atoms with Crippen LogP contribution in [0.3, 0.4) is 0 Å². The highest BCUT2D eigenvalue weighted by Crippen LogP contribution is 2.64. The van der Waals surface area contributed by atoms with Gasteiger partial charge in [-0.3, -0.25) is 4.79 Å². The van der Waals surface area contributed by atoms with Crippen molar-refractivity contribution < 1.29 is 24.2 Å². The summed E-state index contributed by atoms with van der Waals surface area (Å²) in [5.41, 5.74) is -0.690. The number of carbonyl (C=O) groups is 3. The van der Waals surface area contributed by atoms with Crippen LogP contribution in [-0.4, -0.2) is 28.5 Å². The van der Waals surface area contributed by atoms with E-state index < -0.39 is 17.6 Å². The third kappa shape index (κ3) is 3.08. The molecule has 2 aliphatic rings. The van der Waals surface area contributed by atoms with E-state index in [2.05, 4.69) is 5.32 Å². The van der Waals surface area contributed by atoms with Gasteiger partial charge in [-0.05, 0) is 42.6 Å². The molecule has 6 nitrogen and oxygen atoms in total. The smallest absolute Gasteiger partial charge is 0.408 e. The molecule has 0 aliphatic heterocycles. The molecule has 2 fully saturated rings. The topological polar surface area (TPSA) is 92.7 Å². The number of carbonyl (C=O) groups excluding carboxylic acids is 2. The number of hydrogen-bond donors (Lipinski definition) is 2. The lowest BCUT2D eigenvalue weighted by atomic mass is 9.51. The molecule has 1 aromatic carbocycles. The van der Waals surface area contributed by atoms with Crippen molar-refractivity contribution in [1.29, 1.82) is 0 Å². The fourth-order valence-corrected chi connectivity index (χ4v) is 4.49. The van der Waals surface area contributed by atoms with E-state index in [0.29, 0.717) is 12.8 Å². The van der Waals surface area contributed by atoms with Crippen LogP contribution in [0, 0.1) is 23.2 Å². The number of ketones is 1. The standard InChI is InChI=1S/C20H25NO5/c1-12(22)14-9-15(19(14,2)3)16-10-20(16,17(23)24)21-18(25)26-11-13-7-5-4-6-8-13/h4-8,14-16H,9-11H2,1-3H3,(H,21,25)(H,23,24)/t14-,15+,16+,20+/m0/s1. The summed E-state index contributed by atoms with van der Waals surface area (Å²) in [7, 11) is 0. The van der Waals surface area contributed by atoms with Gasteiger partial charge in [-0.2, -0.15) is 0 Å². The van der Waals surface area contributed by atoms with E-state index in [4.69, 9.17) is 4.74 Å². The minimum absolute atomic E-state index is 0.0374. The van der Waals surface area contributed by atoms with Crippen molar-refractivity contribution in [3.05, 3.63) is 35.9 Å². The SMILES string of the molecule is CC(=O)[C@@H]1C[C@H]([C@H]2C[C@]2(NC(=O)OCc2ccccc2)C(=O)O)C1(C)C. The van der Waals surface area contributed by atoms with Gasteiger partial charge in [-0.15, -0.1) is 0 Å². The number of Topliss-reactive ketones (excluding diaryl/α,β-unsaturated/α-hetero) is 1. The van der Waals surface area contributed by atoms with Gasteiger partial charge in [-0.1, -0.05) is 44.2 Å². The Morgan fingerprint density at radius 2 is 1.85 bits per heavy atom. The molecule has 0 aromatic heterocycles. The summed E-state index contributed by atoms with van der Waals surface area (Å²) in [6.07, 6.45) is 0.337. The van der Waals surface area contributed by atoms with E-state index in [1.165, 1.54) is 0 Å². The molecule has 2 saturated carbocycles. The second kappa shape index (κ2) is 6.41. The molecule has 0 radical (unpaired) electrons. The number of benzene rings is 1. The van der Waals surface area contributed by atoms with Crippen molar-refractivity contribution >= 4 is 17.8 Å². The summed E-state index contributed by atoms with van der Waals surface area (Å²) < 4.78 is 5.18. The average molecular weight is 359 g/mol. The number of carboxylic acid groups (broad SMARTS) is 1. The van der Waals surface area contributed by atoms with Gasteiger partial charge in [0.1, 0.15) is 17.9 Å². The number of rotatable bonds is 6. The van der Waals surface area contributed by atoms with Gasteiger partial charge < -0.3 is 15.2 Å². The maximum atomic E-state index is 12.1. The average Bonchev–Trinajstić information content (AvgIpc) is 3.27. The molecular weight excluding hydrogens is 334 g/mol. The molecular formula is C20H25NO5. The number of nitrogens with one attached hydrogen (secondary N) is 1. The van der Waals surface area contributed by atoms with Crippen LogP contribution in [0.1, 0.15) is 39.2 Å². The van der Waals surface area contributed by atoms with Crippen LogP contribution < -0.4 is 5.32 Å². The molecule has 140 valence electrons. The number of amides is 1. The lowest BCUT2D eigenvalue weighted by molar-refractivity contribution is -0.144. The lowest BCUT2D eigenvalue weighted by Gasteiger charge is -2.52. The van der Waals surface area contributed by atoms with Crippen LogP contribution in [0.2, 0.25) is 0 Å². The Labute approximate surface area is 152 Å². The van der Waals surface area contributed by atoms with Crippen molar-refractivity contribution in [2.45, 2.75) is 45.8 Å². The van der Waals surface area contributed by atoms with E-state index >= 15 is 0 Å². The summed E-state index contributed by atoms with van der Waals surface area (Å²) in [6.45, 7) is 5.69. The largest absolute Gasteiger partial charge is 0.479 e. The second-order valence-corrected chi connectivity index (χ2v) is 8.10. The number of hydrogen-bond acceptors (Lipinski definition) is 4. The molecule has 0 bridgehead atoms. The summed E-state index contributed by atoms with van der Waals surface area (Å²) >= 11 is 0. The van der Waals surface area contributed by atoms with Crippen molar-refractivity contribution in [2.24, 2.45) is 23.2 Å². The van der Waals surface area contributed by atoms with Crippen LogP contribution in [-0.2, 0) is 20.9 Å². The number of alkyl carbamates (subject to hydrolysis) is 1. The van der Waals surface area contributed by atoms with Gasteiger partial charge >= 0.3 is 12.1 Å². The minimum atomic E-state index is -1.28. The quantitative estimate of drug-likeness (QED) is 0.814. The molecule has 0 spiro atoms. The molecule has 1 aromatic rings. The van der Waals surface area contributed by atoms with Gasteiger partial charge in [0.25, 0.3) is 0 Å². The maximum absolute atomic E-state index is 12.1. The first kappa shape index (κ1) is 18.4. The van der Waals surface area contributed by atoms with Crippen molar-refractivity contribution in [3.63, 3.8) is 0 Å². The highest BCUT2D eigenvalue weighted by molar-refractivity contribution is 5.88. The Morgan fingerprint density at radius 3 is 2.38 bits per heavy atom. The summed E-state index contributed by atoms with van der Waals surface area (Å²) in [6, 6.07) is 9.22. The third-order valence-corrected chi connectivity index (χ3v) is 6.25. The zero-order valence-electron chi connectivity index (χ0n) is 15.3. The third-order valence-electron chi connectivity index (χ3n) is 6.25. The predicted octanol–water partition coefficient (Wildman–Crippen LogP) is 3.01. The first-order valence-electron chi connectivity index (χ1n) is 8.91. The Balaban J connectivity index is 1.61. The van der Waals surface area contributed by atoms with E-state index in [9.17, 15) is 19.5 Å². The molecule has 0 saturated heterocycles. The predicted molar refractivity (Wildman–Crippen MR) is 94.3 cm³/mol. The Morgan fingerprint density at radius 1 is 1.19 bits per heavy atom. The van der Waals surface area contributed by atoms with Crippen LogP contribution in [0.15, 0.2) is 30.3 Å². The molecule has 3 rings (SSSR count). The van der Waals surface area contributed by atoms with Crippen LogP contribution in [0.5, 0.6) is 0 Å². The Kier molecular flexibility index (Phi) is 4.54. The summed E-state index contributed by atoms with van der Waals surface area (Å²) in [5, 5.41) is 12.3. The fraction of sp³-hybridized carbons (Fsp3) is 0.550. The molecule has 0 heterocycles. The molecule has 26 heavy (non-hydrogen) atoms. The van der Waals surface area contributed by atoms with Gasteiger partial charge in [-0.25, -0.2) is 9.59 Å². The summed E-state index contributed by atoms with van der Waals surface area (Å²) in [5.74, 6) is -1.01. The Bertz CT molecular complexity index is 729. The maximum Gasteiger partial charge on any atom is 0.408 e. The highest BCUT2D eigenvalue weighted by atomic mass is 16.5. The van der Waals surface area contributed by atoms with Crippen molar-refractivity contribution in [2.75, 3.05) is 0 Å². The number of ether oxygens (including phenoxy) is 1. The molecule has 1 amide bonds. The first-order chi connectivity index (χ1) is 12.2. The van der Waals surface area contributed by atoms with Gasteiger partial charge in [0.2, 0.25) is 0 Å². The second-order valence-electron chi connectivity index (χ2n) is 8.10. The van der Waals surface area contributed by atoms with Crippen LogP contribution in [0.25, 0.3) is 0 Å². The van der Waals surface area contributed by atoms with Crippen molar-refractivity contribution in [1.82, 2.24) is 5.32 Å². The zero-order valence-corrected chi connectivity index (χ0v) is 15.3. The molecule has 6 heteroatoms. The lowest BCUT2D eigenvalue weighted by Crippen LogP contribution is -2.53. The first-order valence-corrected chi connectivity index (χ1v) is 8.91. The van der Waals surface area contributed by atoms with E-state index in [1.807, 2.05) is 44.2 Å². The Hall–Kier alpha value is -2.37.